The fourth-order valence-corrected chi connectivity index (χ4v) is 1.81. The number of anilines is 2. The minimum absolute atomic E-state index is 0.0392. The van der Waals surface area contributed by atoms with Crippen LogP contribution >= 0.6 is 0 Å². The Kier molecular flexibility index (Phi) is 5.35. The van der Waals surface area contributed by atoms with Crippen molar-refractivity contribution in [2.45, 2.75) is 26.7 Å². The molecule has 0 unspecified atom stereocenters. The molecule has 1 rings (SSSR count). The van der Waals surface area contributed by atoms with Gasteiger partial charge in [-0.1, -0.05) is 13.8 Å². The SMILES string of the molecule is CCCN(CC(=O)NC)c1ncnc(N)c1CC. The van der Waals surface area contributed by atoms with Crippen LogP contribution in [0.15, 0.2) is 6.33 Å². The van der Waals surface area contributed by atoms with Gasteiger partial charge in [0.15, 0.2) is 0 Å². The number of nitrogen functional groups attached to an aromatic ring is 1. The van der Waals surface area contributed by atoms with Gasteiger partial charge in [-0.15, -0.1) is 0 Å². The monoisotopic (exact) mass is 251 g/mol. The molecule has 0 aliphatic carbocycles. The molecular formula is C12H21N5O. The number of nitrogens with one attached hydrogen (secondary N) is 1. The number of rotatable bonds is 6. The molecule has 1 aromatic rings. The summed E-state index contributed by atoms with van der Waals surface area (Å²) in [4.78, 5) is 21.7. The van der Waals surface area contributed by atoms with Crippen molar-refractivity contribution >= 4 is 17.5 Å². The first-order valence-corrected chi connectivity index (χ1v) is 6.18. The highest BCUT2D eigenvalue weighted by atomic mass is 16.1. The van der Waals surface area contributed by atoms with Gasteiger partial charge in [0, 0.05) is 19.2 Å². The lowest BCUT2D eigenvalue weighted by Gasteiger charge is -2.24. The predicted molar refractivity (Wildman–Crippen MR) is 72.4 cm³/mol. The van der Waals surface area contributed by atoms with E-state index < -0.39 is 0 Å². The van der Waals surface area contributed by atoms with Crippen molar-refractivity contribution in [1.82, 2.24) is 15.3 Å². The highest BCUT2D eigenvalue weighted by Gasteiger charge is 2.16. The van der Waals surface area contributed by atoms with Gasteiger partial charge in [-0.2, -0.15) is 0 Å². The molecule has 0 aromatic carbocycles. The second kappa shape index (κ2) is 6.78. The molecule has 0 bridgehead atoms. The molecule has 0 radical (unpaired) electrons. The lowest BCUT2D eigenvalue weighted by atomic mass is 10.2. The summed E-state index contributed by atoms with van der Waals surface area (Å²) in [6, 6.07) is 0. The van der Waals surface area contributed by atoms with Crippen LogP contribution in [0.3, 0.4) is 0 Å². The zero-order valence-electron chi connectivity index (χ0n) is 11.2. The standard InChI is InChI=1S/C12H21N5O/c1-4-6-17(7-10(18)14-3)12-9(5-2)11(13)15-8-16-12/h8H,4-7H2,1-3H3,(H,14,18)(H2,13,15,16). The van der Waals surface area contributed by atoms with Crippen LogP contribution in [0.1, 0.15) is 25.8 Å². The van der Waals surface area contributed by atoms with E-state index in [0.29, 0.717) is 5.82 Å². The van der Waals surface area contributed by atoms with Crippen LogP contribution in [-0.2, 0) is 11.2 Å². The number of amides is 1. The molecule has 1 amide bonds. The van der Waals surface area contributed by atoms with E-state index in [4.69, 9.17) is 5.73 Å². The summed E-state index contributed by atoms with van der Waals surface area (Å²) < 4.78 is 0. The van der Waals surface area contributed by atoms with Crippen molar-refractivity contribution < 1.29 is 4.79 Å². The predicted octanol–water partition coefficient (Wildman–Crippen LogP) is 0.584. The van der Waals surface area contributed by atoms with Gasteiger partial charge in [0.05, 0.1) is 6.54 Å². The van der Waals surface area contributed by atoms with Gasteiger partial charge in [0.2, 0.25) is 5.91 Å². The lowest BCUT2D eigenvalue weighted by Crippen LogP contribution is -2.37. The number of hydrogen-bond acceptors (Lipinski definition) is 5. The summed E-state index contributed by atoms with van der Waals surface area (Å²) in [5, 5.41) is 2.62. The van der Waals surface area contributed by atoms with Crippen molar-refractivity contribution in [3.05, 3.63) is 11.9 Å². The van der Waals surface area contributed by atoms with Crippen LogP contribution in [0.25, 0.3) is 0 Å². The number of carbonyl (C=O) groups excluding carboxylic acids is 1. The Morgan fingerprint density at radius 3 is 2.72 bits per heavy atom. The smallest absolute Gasteiger partial charge is 0.239 e. The molecule has 0 atom stereocenters. The fraction of sp³-hybridized carbons (Fsp3) is 0.583. The Bertz CT molecular complexity index is 407. The summed E-state index contributed by atoms with van der Waals surface area (Å²) in [6.45, 7) is 5.11. The largest absolute Gasteiger partial charge is 0.383 e. The van der Waals surface area contributed by atoms with Crippen molar-refractivity contribution in [1.29, 1.82) is 0 Å². The van der Waals surface area contributed by atoms with Gasteiger partial charge in [0.1, 0.15) is 18.0 Å². The number of aromatic nitrogens is 2. The highest BCUT2D eigenvalue weighted by molar-refractivity contribution is 5.81. The van der Waals surface area contributed by atoms with Gasteiger partial charge in [-0.05, 0) is 12.8 Å². The molecule has 6 nitrogen and oxygen atoms in total. The lowest BCUT2D eigenvalue weighted by molar-refractivity contribution is -0.119. The third kappa shape index (κ3) is 3.32. The van der Waals surface area contributed by atoms with Crippen LogP contribution in [0, 0.1) is 0 Å². The third-order valence-corrected chi connectivity index (χ3v) is 2.72. The van der Waals surface area contributed by atoms with E-state index >= 15 is 0 Å². The Morgan fingerprint density at radius 2 is 2.17 bits per heavy atom. The molecule has 0 aliphatic heterocycles. The molecule has 3 N–H and O–H groups in total. The summed E-state index contributed by atoms with van der Waals surface area (Å²) in [7, 11) is 1.63. The number of carbonyl (C=O) groups is 1. The maximum absolute atomic E-state index is 11.5. The Hall–Kier alpha value is -1.85. The van der Waals surface area contributed by atoms with Gasteiger partial charge >= 0.3 is 0 Å². The van der Waals surface area contributed by atoms with Gasteiger partial charge < -0.3 is 16.0 Å². The summed E-state index contributed by atoms with van der Waals surface area (Å²) >= 11 is 0. The fourth-order valence-electron chi connectivity index (χ4n) is 1.81. The van der Waals surface area contributed by atoms with E-state index in [-0.39, 0.29) is 12.5 Å². The Morgan fingerprint density at radius 1 is 1.44 bits per heavy atom. The Balaban J connectivity index is 3.04. The molecule has 18 heavy (non-hydrogen) atoms. The molecule has 0 aliphatic rings. The molecule has 0 fully saturated rings. The van der Waals surface area contributed by atoms with Crippen LogP contribution in [-0.4, -0.2) is 36.0 Å². The normalized spacial score (nSPS) is 10.2. The molecule has 1 heterocycles. The molecule has 6 heteroatoms. The first kappa shape index (κ1) is 14.2. The number of hydrogen-bond donors (Lipinski definition) is 2. The molecule has 1 aromatic heterocycles. The maximum atomic E-state index is 11.5. The van der Waals surface area contributed by atoms with Crippen LogP contribution < -0.4 is 16.0 Å². The minimum Gasteiger partial charge on any atom is -0.383 e. The van der Waals surface area contributed by atoms with Crippen LogP contribution in [0.2, 0.25) is 0 Å². The summed E-state index contributed by atoms with van der Waals surface area (Å²) in [6.07, 6.45) is 3.12. The van der Waals surface area contributed by atoms with Crippen molar-refractivity contribution in [3.8, 4) is 0 Å². The zero-order valence-corrected chi connectivity index (χ0v) is 11.2. The van der Waals surface area contributed by atoms with E-state index in [1.54, 1.807) is 7.05 Å². The quantitative estimate of drug-likeness (QED) is 0.772. The molecule has 0 saturated heterocycles. The summed E-state index contributed by atoms with van der Waals surface area (Å²) in [5.74, 6) is 1.21. The Labute approximate surface area is 108 Å². The molecule has 0 spiro atoms. The van der Waals surface area contributed by atoms with Crippen molar-refractivity contribution in [2.24, 2.45) is 0 Å². The average Bonchev–Trinajstić information content (AvgIpc) is 2.37. The van der Waals surface area contributed by atoms with E-state index in [0.717, 1.165) is 30.8 Å². The molecular weight excluding hydrogens is 230 g/mol. The number of nitrogens with zero attached hydrogens (tertiary/aromatic N) is 3. The van der Waals surface area contributed by atoms with Gasteiger partial charge in [-0.3, -0.25) is 4.79 Å². The maximum Gasteiger partial charge on any atom is 0.239 e. The highest BCUT2D eigenvalue weighted by Crippen LogP contribution is 2.21. The van der Waals surface area contributed by atoms with Crippen LogP contribution in [0.5, 0.6) is 0 Å². The van der Waals surface area contributed by atoms with Crippen molar-refractivity contribution in [2.75, 3.05) is 30.8 Å². The molecule has 100 valence electrons. The van der Waals surface area contributed by atoms with E-state index in [9.17, 15) is 4.79 Å². The van der Waals surface area contributed by atoms with Crippen molar-refractivity contribution in [3.63, 3.8) is 0 Å². The second-order valence-electron chi connectivity index (χ2n) is 4.01. The first-order valence-electron chi connectivity index (χ1n) is 6.18. The van der Waals surface area contributed by atoms with E-state index in [1.165, 1.54) is 6.33 Å². The van der Waals surface area contributed by atoms with E-state index in [1.807, 2.05) is 11.8 Å². The topological polar surface area (TPSA) is 84.1 Å². The van der Waals surface area contributed by atoms with E-state index in [2.05, 4.69) is 22.2 Å². The van der Waals surface area contributed by atoms with Gasteiger partial charge in [0.25, 0.3) is 0 Å². The average molecular weight is 251 g/mol. The first-order chi connectivity index (χ1) is 8.63. The zero-order chi connectivity index (χ0) is 13.5. The van der Waals surface area contributed by atoms with Crippen LogP contribution in [0.4, 0.5) is 11.6 Å². The number of likely N-dealkylation sites (N-methyl/N-ethyl adjacent to an activating group) is 1. The summed E-state index contributed by atoms with van der Waals surface area (Å²) in [5.41, 5.74) is 6.75. The third-order valence-electron chi connectivity index (χ3n) is 2.72. The number of nitrogens with two attached hydrogens (primary N) is 1. The second-order valence-corrected chi connectivity index (χ2v) is 4.01. The minimum atomic E-state index is -0.0392. The van der Waals surface area contributed by atoms with Gasteiger partial charge in [-0.25, -0.2) is 9.97 Å². The molecule has 0 saturated carbocycles.